The van der Waals surface area contributed by atoms with Gasteiger partial charge in [-0.3, -0.25) is 4.79 Å². The second kappa shape index (κ2) is 6.38. The summed E-state index contributed by atoms with van der Waals surface area (Å²) in [6.45, 7) is 0.517. The third-order valence-corrected chi connectivity index (χ3v) is 6.48. The van der Waals surface area contributed by atoms with Gasteiger partial charge in [0.1, 0.15) is 23.5 Å². The number of carbonyl (C=O) groups is 1. The summed E-state index contributed by atoms with van der Waals surface area (Å²) in [5.74, 6) is 0.206. The molecule has 3 N–H and O–H groups in total. The summed E-state index contributed by atoms with van der Waals surface area (Å²) >= 11 is 0. The molecule has 1 saturated heterocycles. The van der Waals surface area contributed by atoms with Gasteiger partial charge in [-0.05, 0) is 18.6 Å². The Hall–Kier alpha value is -2.43. The minimum Gasteiger partial charge on any atom is -0.490 e. The topological polar surface area (TPSA) is 128 Å². The van der Waals surface area contributed by atoms with E-state index in [9.17, 15) is 13.2 Å². The Labute approximate surface area is 150 Å². The highest BCUT2D eigenvalue weighted by atomic mass is 32.2. The van der Waals surface area contributed by atoms with Crippen molar-refractivity contribution in [2.45, 2.75) is 29.9 Å². The molecule has 2 aliphatic heterocycles. The number of fused-ring (bicyclic) bond motifs is 2. The first-order valence-corrected chi connectivity index (χ1v) is 9.62. The van der Waals surface area contributed by atoms with E-state index in [2.05, 4.69) is 10.3 Å². The highest BCUT2D eigenvalue weighted by Gasteiger charge is 2.44. The van der Waals surface area contributed by atoms with E-state index in [1.54, 1.807) is 18.2 Å². The number of hydrogen-bond acceptors (Lipinski definition) is 7. The summed E-state index contributed by atoms with van der Waals surface area (Å²) in [6.07, 6.45) is 1.70. The number of sulfonamides is 1. The number of aromatic nitrogens is 1. The van der Waals surface area contributed by atoms with Gasteiger partial charge in [0, 0.05) is 12.6 Å². The maximum absolute atomic E-state index is 12.9. The maximum Gasteiger partial charge on any atom is 0.273 e. The van der Waals surface area contributed by atoms with Crippen LogP contribution >= 0.6 is 0 Å². The van der Waals surface area contributed by atoms with E-state index in [-0.39, 0.29) is 48.3 Å². The lowest BCUT2D eigenvalue weighted by molar-refractivity contribution is 0.0933. The Balaban J connectivity index is 1.52. The first-order chi connectivity index (χ1) is 12.5. The third kappa shape index (κ3) is 2.85. The molecule has 1 fully saturated rings. The molecule has 0 saturated carbocycles. The van der Waals surface area contributed by atoms with Gasteiger partial charge in [-0.25, -0.2) is 13.4 Å². The summed E-state index contributed by atoms with van der Waals surface area (Å²) in [5, 5.41) is 2.81. The lowest BCUT2D eigenvalue weighted by atomic mass is 10.2. The second-order valence-corrected chi connectivity index (χ2v) is 8.08. The van der Waals surface area contributed by atoms with Gasteiger partial charge in [0.05, 0.1) is 12.6 Å². The molecule has 26 heavy (non-hydrogen) atoms. The number of hydrogen-bond donors (Lipinski definition) is 2. The van der Waals surface area contributed by atoms with Crippen LogP contribution in [0.4, 0.5) is 0 Å². The van der Waals surface area contributed by atoms with Crippen LogP contribution in [0.15, 0.2) is 39.8 Å². The predicted molar refractivity (Wildman–Crippen MR) is 89.9 cm³/mol. The summed E-state index contributed by atoms with van der Waals surface area (Å²) in [7, 11) is -3.68. The third-order valence-electron chi connectivity index (χ3n) is 4.53. The zero-order valence-corrected chi connectivity index (χ0v) is 14.6. The number of para-hydroxylation sites is 1. The molecule has 0 unspecified atom stereocenters. The molecule has 1 aromatic heterocycles. The SMILES string of the molecule is NCc1nc(C(=O)N[C@H]2C[C@H]3COc4ccccc4S(=O)(=O)N3C2)co1. The van der Waals surface area contributed by atoms with Crippen LogP contribution in [0.3, 0.4) is 0 Å². The molecule has 10 heteroatoms. The molecule has 0 radical (unpaired) electrons. The average Bonchev–Trinajstić information content (AvgIpc) is 3.25. The van der Waals surface area contributed by atoms with Crippen LogP contribution < -0.4 is 15.8 Å². The monoisotopic (exact) mass is 378 g/mol. The Bertz CT molecular complexity index is 942. The molecule has 3 heterocycles. The van der Waals surface area contributed by atoms with Gasteiger partial charge >= 0.3 is 0 Å². The second-order valence-electron chi connectivity index (χ2n) is 6.22. The number of carbonyl (C=O) groups excluding carboxylic acids is 1. The van der Waals surface area contributed by atoms with Crippen LogP contribution in [0.25, 0.3) is 0 Å². The molecule has 9 nitrogen and oxygen atoms in total. The van der Waals surface area contributed by atoms with Crippen molar-refractivity contribution in [3.8, 4) is 5.75 Å². The van der Waals surface area contributed by atoms with Gasteiger partial charge in [0.2, 0.25) is 15.9 Å². The number of oxazole rings is 1. The van der Waals surface area contributed by atoms with E-state index >= 15 is 0 Å². The summed E-state index contributed by atoms with van der Waals surface area (Å²) < 4.78 is 38.0. The fourth-order valence-electron chi connectivity index (χ4n) is 3.30. The molecule has 0 bridgehead atoms. The van der Waals surface area contributed by atoms with Crippen LogP contribution in [0.1, 0.15) is 22.8 Å². The molecular formula is C16H18N4O5S. The summed E-state index contributed by atoms with van der Waals surface area (Å²) in [5.41, 5.74) is 5.54. The number of ether oxygens (including phenoxy) is 1. The van der Waals surface area contributed by atoms with Crippen molar-refractivity contribution in [1.82, 2.24) is 14.6 Å². The standard InChI is InChI=1S/C16H18N4O5S/c17-6-15-19-12(9-25-15)16(21)18-10-5-11-8-24-13-3-1-2-4-14(13)26(22,23)20(11)7-10/h1-4,9-11H,5-8,17H2,(H,18,21)/t10-,11-/m0/s1. The molecule has 0 spiro atoms. The number of nitrogens with zero attached hydrogens (tertiary/aromatic N) is 2. The van der Waals surface area contributed by atoms with Gasteiger partial charge in [0.25, 0.3) is 5.91 Å². The Morgan fingerprint density at radius 1 is 1.38 bits per heavy atom. The zero-order valence-electron chi connectivity index (χ0n) is 13.8. The van der Waals surface area contributed by atoms with Gasteiger partial charge in [-0.2, -0.15) is 4.31 Å². The van der Waals surface area contributed by atoms with Gasteiger partial charge in [0.15, 0.2) is 5.69 Å². The first-order valence-electron chi connectivity index (χ1n) is 8.18. The van der Waals surface area contributed by atoms with Crippen molar-refractivity contribution in [1.29, 1.82) is 0 Å². The summed E-state index contributed by atoms with van der Waals surface area (Å²) in [4.78, 5) is 16.4. The van der Waals surface area contributed by atoms with Crippen LogP contribution in [-0.4, -0.2) is 48.8 Å². The average molecular weight is 378 g/mol. The normalized spacial score (nSPS) is 24.2. The lowest BCUT2D eigenvalue weighted by Crippen LogP contribution is -2.39. The van der Waals surface area contributed by atoms with E-state index in [1.807, 2.05) is 0 Å². The highest BCUT2D eigenvalue weighted by Crippen LogP contribution is 2.35. The van der Waals surface area contributed by atoms with Crippen molar-refractivity contribution in [2.24, 2.45) is 5.73 Å². The van der Waals surface area contributed by atoms with E-state index < -0.39 is 15.9 Å². The Kier molecular flexibility index (Phi) is 4.17. The van der Waals surface area contributed by atoms with Crippen molar-refractivity contribution in [3.05, 3.63) is 42.1 Å². The van der Waals surface area contributed by atoms with E-state index in [0.29, 0.717) is 12.2 Å². The number of benzene rings is 1. The van der Waals surface area contributed by atoms with Crippen molar-refractivity contribution in [2.75, 3.05) is 13.2 Å². The molecule has 138 valence electrons. The van der Waals surface area contributed by atoms with E-state index in [0.717, 1.165) is 0 Å². The minimum absolute atomic E-state index is 0.0988. The van der Waals surface area contributed by atoms with E-state index in [4.69, 9.17) is 14.9 Å². The lowest BCUT2D eigenvalue weighted by Gasteiger charge is -2.19. The molecular weight excluding hydrogens is 360 g/mol. The van der Waals surface area contributed by atoms with Crippen molar-refractivity contribution < 1.29 is 22.4 Å². The van der Waals surface area contributed by atoms with Crippen molar-refractivity contribution >= 4 is 15.9 Å². The minimum atomic E-state index is -3.68. The predicted octanol–water partition coefficient (Wildman–Crippen LogP) is 0.0873. The molecule has 2 aromatic rings. The molecule has 0 aliphatic carbocycles. The number of nitrogens with one attached hydrogen (secondary N) is 1. The van der Waals surface area contributed by atoms with Crippen LogP contribution in [-0.2, 0) is 16.6 Å². The fraction of sp³-hybridized carbons (Fsp3) is 0.375. The van der Waals surface area contributed by atoms with Gasteiger partial charge < -0.3 is 20.2 Å². The first kappa shape index (κ1) is 17.0. The molecule has 1 aromatic carbocycles. The number of rotatable bonds is 3. The quantitative estimate of drug-likeness (QED) is 0.774. The number of amides is 1. The van der Waals surface area contributed by atoms with Crippen molar-refractivity contribution in [3.63, 3.8) is 0 Å². The highest BCUT2D eigenvalue weighted by molar-refractivity contribution is 7.89. The molecule has 4 rings (SSSR count). The number of nitrogens with two attached hydrogens (primary N) is 1. The largest absolute Gasteiger partial charge is 0.490 e. The fourth-order valence-corrected chi connectivity index (χ4v) is 5.10. The van der Waals surface area contributed by atoms with Crippen LogP contribution in [0.2, 0.25) is 0 Å². The maximum atomic E-state index is 12.9. The van der Waals surface area contributed by atoms with Crippen LogP contribution in [0.5, 0.6) is 5.75 Å². The molecule has 2 aliphatic rings. The Morgan fingerprint density at radius 2 is 2.19 bits per heavy atom. The molecule has 1 amide bonds. The smallest absolute Gasteiger partial charge is 0.273 e. The van der Waals surface area contributed by atoms with Crippen LogP contribution in [0, 0.1) is 0 Å². The van der Waals surface area contributed by atoms with Gasteiger partial charge in [-0.15, -0.1) is 0 Å². The Morgan fingerprint density at radius 3 is 2.96 bits per heavy atom. The molecule has 2 atom stereocenters. The zero-order chi connectivity index (χ0) is 18.3. The summed E-state index contributed by atoms with van der Waals surface area (Å²) in [6, 6.07) is 5.90. The van der Waals surface area contributed by atoms with Gasteiger partial charge in [-0.1, -0.05) is 12.1 Å². The van der Waals surface area contributed by atoms with E-state index in [1.165, 1.54) is 16.6 Å².